The topological polar surface area (TPSA) is 79.8 Å². The number of alkyl halides is 2. The van der Waals surface area contributed by atoms with E-state index in [0.717, 1.165) is 6.20 Å². The van der Waals surface area contributed by atoms with Crippen molar-refractivity contribution in [1.82, 2.24) is 4.98 Å². The zero-order chi connectivity index (χ0) is 12.3. The predicted molar refractivity (Wildman–Crippen MR) is 52.9 cm³/mol. The van der Waals surface area contributed by atoms with Gasteiger partial charge in [0.15, 0.2) is 5.69 Å². The summed E-state index contributed by atoms with van der Waals surface area (Å²) < 4.78 is 25.1. The summed E-state index contributed by atoms with van der Waals surface area (Å²) >= 11 is 2.94. The van der Waals surface area contributed by atoms with E-state index in [4.69, 9.17) is 5.26 Å². The summed E-state index contributed by atoms with van der Waals surface area (Å²) in [6.07, 6.45) is -2.36. The molecule has 0 fully saturated rings. The average molecular weight is 292 g/mol. The standard InChI is InChI=1S/C8H4BrF2N3O2/c9-5-3-13-6(8(10)11)7(14(15)16)4(5)1-2-12/h3,8H,1H2. The highest BCUT2D eigenvalue weighted by Gasteiger charge is 2.28. The van der Waals surface area contributed by atoms with Crippen molar-refractivity contribution >= 4 is 21.6 Å². The molecule has 0 radical (unpaired) electrons. The molecule has 0 atom stereocenters. The van der Waals surface area contributed by atoms with Crippen molar-refractivity contribution in [3.05, 3.63) is 32.0 Å². The molecule has 84 valence electrons. The third-order valence-corrected chi connectivity index (χ3v) is 2.46. The minimum Gasteiger partial charge on any atom is -0.258 e. The van der Waals surface area contributed by atoms with Crippen LogP contribution in [-0.2, 0) is 6.42 Å². The molecule has 0 N–H and O–H groups in total. The molecule has 16 heavy (non-hydrogen) atoms. The molecule has 0 aliphatic heterocycles. The third kappa shape index (κ3) is 2.30. The summed E-state index contributed by atoms with van der Waals surface area (Å²) in [4.78, 5) is 13.0. The molecule has 0 bridgehead atoms. The SMILES string of the molecule is N#CCc1c(Br)cnc(C(F)F)c1[N+](=O)[O-]. The van der Waals surface area contributed by atoms with Gasteiger partial charge in [-0.3, -0.25) is 10.1 Å². The predicted octanol–water partition coefficient (Wildman–Crippen LogP) is 2.76. The molecular weight excluding hydrogens is 288 g/mol. The van der Waals surface area contributed by atoms with E-state index in [-0.39, 0.29) is 16.5 Å². The van der Waals surface area contributed by atoms with Crippen LogP contribution in [0.5, 0.6) is 0 Å². The molecule has 0 saturated heterocycles. The van der Waals surface area contributed by atoms with Crippen LogP contribution in [0.1, 0.15) is 17.7 Å². The van der Waals surface area contributed by atoms with Crippen molar-refractivity contribution in [2.45, 2.75) is 12.8 Å². The Morgan fingerprint density at radius 1 is 1.69 bits per heavy atom. The molecular formula is C8H4BrF2N3O2. The smallest absolute Gasteiger partial charge is 0.258 e. The summed E-state index contributed by atoms with van der Waals surface area (Å²) in [5.41, 5.74) is -1.80. The first-order valence-corrected chi connectivity index (χ1v) is 4.75. The Morgan fingerprint density at radius 2 is 2.31 bits per heavy atom. The lowest BCUT2D eigenvalue weighted by molar-refractivity contribution is -0.387. The summed E-state index contributed by atoms with van der Waals surface area (Å²) in [7, 11) is 0. The van der Waals surface area contributed by atoms with E-state index < -0.39 is 22.7 Å². The largest absolute Gasteiger partial charge is 0.301 e. The number of halogens is 3. The monoisotopic (exact) mass is 291 g/mol. The maximum atomic E-state index is 12.5. The van der Waals surface area contributed by atoms with Crippen molar-refractivity contribution in [3.63, 3.8) is 0 Å². The highest BCUT2D eigenvalue weighted by atomic mass is 79.9. The van der Waals surface area contributed by atoms with Crippen molar-refractivity contribution < 1.29 is 13.7 Å². The van der Waals surface area contributed by atoms with Crippen LogP contribution in [0.4, 0.5) is 14.5 Å². The second-order valence-corrected chi connectivity index (χ2v) is 3.57. The molecule has 0 aliphatic carbocycles. The molecule has 0 aliphatic rings. The highest BCUT2D eigenvalue weighted by Crippen LogP contribution is 2.34. The molecule has 1 aromatic rings. The lowest BCUT2D eigenvalue weighted by atomic mass is 10.1. The van der Waals surface area contributed by atoms with Crippen LogP contribution < -0.4 is 0 Å². The van der Waals surface area contributed by atoms with Crippen LogP contribution in [0.2, 0.25) is 0 Å². The minimum absolute atomic E-state index is 0.0854. The lowest BCUT2D eigenvalue weighted by Gasteiger charge is -2.05. The fraction of sp³-hybridized carbons (Fsp3) is 0.250. The van der Waals surface area contributed by atoms with E-state index in [1.807, 2.05) is 0 Å². The Hall–Kier alpha value is -1.62. The van der Waals surface area contributed by atoms with Gasteiger partial charge in [0.1, 0.15) is 0 Å². The Morgan fingerprint density at radius 3 is 2.75 bits per heavy atom. The Labute approximate surface area is 97.0 Å². The number of aromatic nitrogens is 1. The number of rotatable bonds is 3. The van der Waals surface area contributed by atoms with Gasteiger partial charge in [-0.2, -0.15) is 5.26 Å². The molecule has 0 aromatic carbocycles. The van der Waals surface area contributed by atoms with Gasteiger partial charge < -0.3 is 0 Å². The molecule has 0 unspecified atom stereocenters. The molecule has 0 spiro atoms. The van der Waals surface area contributed by atoms with Gasteiger partial charge in [0.25, 0.3) is 6.43 Å². The van der Waals surface area contributed by atoms with E-state index in [9.17, 15) is 18.9 Å². The molecule has 0 amide bonds. The van der Waals surface area contributed by atoms with E-state index in [2.05, 4.69) is 20.9 Å². The zero-order valence-corrected chi connectivity index (χ0v) is 9.24. The fourth-order valence-corrected chi connectivity index (χ4v) is 1.57. The maximum Gasteiger partial charge on any atom is 0.301 e. The number of nitrogens with zero attached hydrogens (tertiary/aromatic N) is 3. The van der Waals surface area contributed by atoms with Gasteiger partial charge in [0.2, 0.25) is 0 Å². The summed E-state index contributed by atoms with van der Waals surface area (Å²) in [6.45, 7) is 0. The van der Waals surface area contributed by atoms with Crippen LogP contribution in [0.15, 0.2) is 10.7 Å². The summed E-state index contributed by atoms with van der Waals surface area (Å²) in [5, 5.41) is 19.2. The van der Waals surface area contributed by atoms with Crippen molar-refractivity contribution in [1.29, 1.82) is 5.26 Å². The molecule has 1 rings (SSSR count). The van der Waals surface area contributed by atoms with Crippen molar-refractivity contribution in [3.8, 4) is 6.07 Å². The third-order valence-electron chi connectivity index (χ3n) is 1.78. The Balaban J connectivity index is 3.51. The number of pyridine rings is 1. The molecule has 5 nitrogen and oxygen atoms in total. The van der Waals surface area contributed by atoms with Crippen LogP contribution in [0, 0.1) is 21.4 Å². The highest BCUT2D eigenvalue weighted by molar-refractivity contribution is 9.10. The van der Waals surface area contributed by atoms with Crippen LogP contribution in [0.25, 0.3) is 0 Å². The first kappa shape index (κ1) is 12.4. The fourth-order valence-electron chi connectivity index (χ4n) is 1.14. The molecule has 1 heterocycles. The van der Waals surface area contributed by atoms with E-state index in [1.165, 1.54) is 0 Å². The van der Waals surface area contributed by atoms with E-state index in [1.54, 1.807) is 6.07 Å². The minimum atomic E-state index is -3.05. The Bertz CT molecular complexity index is 473. The number of nitriles is 1. The first-order chi connectivity index (χ1) is 7.49. The normalized spacial score (nSPS) is 10.2. The molecule has 1 aromatic heterocycles. The number of hydrogen-bond acceptors (Lipinski definition) is 4. The lowest BCUT2D eigenvalue weighted by Crippen LogP contribution is -2.04. The van der Waals surface area contributed by atoms with Gasteiger partial charge in [0.05, 0.1) is 23.0 Å². The number of hydrogen-bond donors (Lipinski definition) is 0. The van der Waals surface area contributed by atoms with Crippen LogP contribution in [-0.4, -0.2) is 9.91 Å². The summed E-state index contributed by atoms with van der Waals surface area (Å²) in [6, 6.07) is 1.68. The van der Waals surface area contributed by atoms with Gasteiger partial charge in [-0.25, -0.2) is 13.8 Å². The van der Waals surface area contributed by atoms with E-state index in [0.29, 0.717) is 0 Å². The maximum absolute atomic E-state index is 12.5. The van der Waals surface area contributed by atoms with Crippen molar-refractivity contribution in [2.75, 3.05) is 0 Å². The second-order valence-electron chi connectivity index (χ2n) is 2.71. The quantitative estimate of drug-likeness (QED) is 0.633. The summed E-state index contributed by atoms with van der Waals surface area (Å²) in [5.74, 6) is 0. The van der Waals surface area contributed by atoms with Crippen molar-refractivity contribution in [2.24, 2.45) is 0 Å². The van der Waals surface area contributed by atoms with Gasteiger partial charge in [0, 0.05) is 10.7 Å². The number of nitro groups is 1. The van der Waals surface area contributed by atoms with Gasteiger partial charge >= 0.3 is 5.69 Å². The first-order valence-electron chi connectivity index (χ1n) is 3.95. The average Bonchev–Trinajstić information content (AvgIpc) is 2.20. The van der Waals surface area contributed by atoms with Crippen LogP contribution in [0.3, 0.4) is 0 Å². The molecule has 0 saturated carbocycles. The molecule has 8 heteroatoms. The second kappa shape index (κ2) is 4.94. The van der Waals surface area contributed by atoms with Gasteiger partial charge in [-0.05, 0) is 15.9 Å². The van der Waals surface area contributed by atoms with Gasteiger partial charge in [-0.15, -0.1) is 0 Å². The van der Waals surface area contributed by atoms with Crippen LogP contribution >= 0.6 is 15.9 Å². The Kier molecular flexibility index (Phi) is 3.84. The zero-order valence-electron chi connectivity index (χ0n) is 7.65. The van der Waals surface area contributed by atoms with E-state index >= 15 is 0 Å². The van der Waals surface area contributed by atoms with Gasteiger partial charge in [-0.1, -0.05) is 0 Å².